The summed E-state index contributed by atoms with van der Waals surface area (Å²) in [6.45, 7) is 2.85. The Morgan fingerprint density at radius 1 is 1.80 bits per heavy atom. The number of nitrogen functional groups attached to an aromatic ring is 1. The Morgan fingerprint density at radius 3 is 3.00 bits per heavy atom. The number of likely N-dealkylation sites (N-methyl/N-ethyl adjacent to an activating group) is 1. The highest BCUT2D eigenvalue weighted by Crippen LogP contribution is 2.12. The molecule has 0 unspecified atom stereocenters. The lowest BCUT2D eigenvalue weighted by molar-refractivity contribution is -0.129. The molecule has 0 spiro atoms. The molecule has 0 aliphatic rings. The SMILES string of the molecule is C#CCN(CC)C(=O)Cc1csc(N)n1. The predicted molar refractivity (Wildman–Crippen MR) is 61.3 cm³/mol. The molecule has 5 heteroatoms. The number of aromatic nitrogens is 1. The monoisotopic (exact) mass is 223 g/mol. The first-order chi connectivity index (χ1) is 7.17. The molecule has 1 rings (SSSR count). The van der Waals surface area contributed by atoms with E-state index in [9.17, 15) is 4.79 Å². The minimum absolute atomic E-state index is 0.0132. The Labute approximate surface area is 93.1 Å². The van der Waals surface area contributed by atoms with E-state index < -0.39 is 0 Å². The number of carbonyl (C=O) groups excluding carboxylic acids is 1. The second kappa shape index (κ2) is 5.37. The summed E-state index contributed by atoms with van der Waals surface area (Å²) in [5, 5.41) is 2.27. The molecule has 2 N–H and O–H groups in total. The van der Waals surface area contributed by atoms with E-state index in [1.54, 1.807) is 10.3 Å². The highest BCUT2D eigenvalue weighted by Gasteiger charge is 2.12. The van der Waals surface area contributed by atoms with Crippen LogP contribution in [0.2, 0.25) is 0 Å². The van der Waals surface area contributed by atoms with Crippen LogP contribution in [0, 0.1) is 12.3 Å². The van der Waals surface area contributed by atoms with E-state index in [4.69, 9.17) is 12.2 Å². The fraction of sp³-hybridized carbons (Fsp3) is 0.400. The number of nitrogens with zero attached hydrogens (tertiary/aromatic N) is 2. The van der Waals surface area contributed by atoms with Gasteiger partial charge < -0.3 is 10.6 Å². The van der Waals surface area contributed by atoms with Gasteiger partial charge in [-0.05, 0) is 6.92 Å². The predicted octanol–water partition coefficient (Wildman–Crippen LogP) is 0.750. The van der Waals surface area contributed by atoms with Gasteiger partial charge in [0.15, 0.2) is 5.13 Å². The van der Waals surface area contributed by atoms with Crippen LogP contribution < -0.4 is 5.73 Å². The van der Waals surface area contributed by atoms with Gasteiger partial charge in [-0.25, -0.2) is 4.98 Å². The van der Waals surface area contributed by atoms with Crippen molar-refractivity contribution in [2.24, 2.45) is 0 Å². The van der Waals surface area contributed by atoms with E-state index in [2.05, 4.69) is 10.9 Å². The third kappa shape index (κ3) is 3.26. The van der Waals surface area contributed by atoms with Crippen LogP contribution in [0.5, 0.6) is 0 Å². The van der Waals surface area contributed by atoms with Crippen LogP contribution >= 0.6 is 11.3 Å². The van der Waals surface area contributed by atoms with Crippen molar-refractivity contribution in [1.29, 1.82) is 0 Å². The van der Waals surface area contributed by atoms with E-state index in [0.29, 0.717) is 23.9 Å². The Morgan fingerprint density at radius 2 is 2.53 bits per heavy atom. The molecule has 0 atom stereocenters. The standard InChI is InChI=1S/C10H13N3OS/c1-3-5-13(4-2)9(14)6-8-7-15-10(11)12-8/h1,7H,4-6H2,2H3,(H2,11,12). The summed E-state index contributed by atoms with van der Waals surface area (Å²) in [6.07, 6.45) is 5.43. The van der Waals surface area contributed by atoms with Gasteiger partial charge in [-0.15, -0.1) is 17.8 Å². The van der Waals surface area contributed by atoms with Gasteiger partial charge in [0.1, 0.15) is 0 Å². The zero-order valence-electron chi connectivity index (χ0n) is 8.56. The zero-order chi connectivity index (χ0) is 11.3. The largest absolute Gasteiger partial charge is 0.375 e. The lowest BCUT2D eigenvalue weighted by Crippen LogP contribution is -2.32. The van der Waals surface area contributed by atoms with Crippen molar-refractivity contribution in [3.63, 3.8) is 0 Å². The molecule has 0 saturated carbocycles. The molecule has 1 amide bonds. The molecule has 0 bridgehead atoms. The van der Waals surface area contributed by atoms with Crippen molar-refractivity contribution in [3.05, 3.63) is 11.1 Å². The van der Waals surface area contributed by atoms with Crippen LogP contribution in [0.15, 0.2) is 5.38 Å². The molecule has 0 fully saturated rings. The number of hydrogen-bond acceptors (Lipinski definition) is 4. The number of thiazole rings is 1. The van der Waals surface area contributed by atoms with Crippen molar-refractivity contribution in [2.45, 2.75) is 13.3 Å². The number of terminal acetylenes is 1. The minimum atomic E-state index is -0.0132. The van der Waals surface area contributed by atoms with Crippen molar-refractivity contribution in [2.75, 3.05) is 18.8 Å². The molecule has 4 nitrogen and oxygen atoms in total. The van der Waals surface area contributed by atoms with E-state index in [0.717, 1.165) is 0 Å². The first kappa shape index (κ1) is 11.5. The third-order valence-corrected chi connectivity index (χ3v) is 2.64. The van der Waals surface area contributed by atoms with Gasteiger partial charge in [0.2, 0.25) is 5.91 Å². The first-order valence-electron chi connectivity index (χ1n) is 4.58. The van der Waals surface area contributed by atoms with Crippen LogP contribution in [-0.2, 0) is 11.2 Å². The van der Waals surface area contributed by atoms with E-state index in [-0.39, 0.29) is 12.3 Å². The number of amides is 1. The number of hydrogen-bond donors (Lipinski definition) is 1. The molecule has 1 aromatic rings. The maximum absolute atomic E-state index is 11.7. The molecule has 0 aliphatic carbocycles. The zero-order valence-corrected chi connectivity index (χ0v) is 9.38. The van der Waals surface area contributed by atoms with Crippen molar-refractivity contribution in [1.82, 2.24) is 9.88 Å². The van der Waals surface area contributed by atoms with E-state index in [1.165, 1.54) is 11.3 Å². The first-order valence-corrected chi connectivity index (χ1v) is 5.46. The summed E-state index contributed by atoms with van der Waals surface area (Å²) < 4.78 is 0. The molecule has 80 valence electrons. The molecule has 0 radical (unpaired) electrons. The van der Waals surface area contributed by atoms with Gasteiger partial charge in [0, 0.05) is 11.9 Å². The van der Waals surface area contributed by atoms with Crippen LogP contribution in [-0.4, -0.2) is 28.9 Å². The molecular weight excluding hydrogens is 210 g/mol. The topological polar surface area (TPSA) is 59.2 Å². The summed E-state index contributed by atoms with van der Waals surface area (Å²) in [6, 6.07) is 0. The number of carbonyl (C=O) groups is 1. The summed E-state index contributed by atoms with van der Waals surface area (Å²) >= 11 is 1.33. The highest BCUT2D eigenvalue weighted by atomic mass is 32.1. The van der Waals surface area contributed by atoms with Gasteiger partial charge in [-0.2, -0.15) is 0 Å². The van der Waals surface area contributed by atoms with Gasteiger partial charge in [-0.3, -0.25) is 4.79 Å². The van der Waals surface area contributed by atoms with Crippen LogP contribution in [0.25, 0.3) is 0 Å². The lowest BCUT2D eigenvalue weighted by Gasteiger charge is -2.16. The van der Waals surface area contributed by atoms with Crippen LogP contribution in [0.3, 0.4) is 0 Å². The quantitative estimate of drug-likeness (QED) is 0.766. The average molecular weight is 223 g/mol. The number of nitrogens with two attached hydrogens (primary N) is 1. The average Bonchev–Trinajstić information content (AvgIpc) is 2.60. The maximum Gasteiger partial charge on any atom is 0.229 e. The summed E-state index contributed by atoms with van der Waals surface area (Å²) in [4.78, 5) is 17.3. The van der Waals surface area contributed by atoms with Crippen molar-refractivity contribution < 1.29 is 4.79 Å². The van der Waals surface area contributed by atoms with Gasteiger partial charge in [0.25, 0.3) is 0 Å². The summed E-state index contributed by atoms with van der Waals surface area (Å²) in [5.41, 5.74) is 6.18. The third-order valence-electron chi connectivity index (χ3n) is 1.92. The second-order valence-corrected chi connectivity index (χ2v) is 3.86. The Hall–Kier alpha value is -1.54. The van der Waals surface area contributed by atoms with Crippen molar-refractivity contribution >= 4 is 22.4 Å². The highest BCUT2D eigenvalue weighted by molar-refractivity contribution is 7.13. The summed E-state index contributed by atoms with van der Waals surface area (Å²) in [5.74, 6) is 2.44. The molecule has 1 aromatic heterocycles. The Balaban J connectivity index is 2.58. The van der Waals surface area contributed by atoms with Crippen LogP contribution in [0.4, 0.5) is 5.13 Å². The molecule has 0 saturated heterocycles. The maximum atomic E-state index is 11.7. The van der Waals surface area contributed by atoms with Gasteiger partial charge >= 0.3 is 0 Å². The van der Waals surface area contributed by atoms with Crippen LogP contribution in [0.1, 0.15) is 12.6 Å². The Bertz CT molecular complexity index is 380. The van der Waals surface area contributed by atoms with Crippen molar-refractivity contribution in [3.8, 4) is 12.3 Å². The fourth-order valence-corrected chi connectivity index (χ4v) is 1.72. The van der Waals surface area contributed by atoms with Gasteiger partial charge in [-0.1, -0.05) is 5.92 Å². The molecule has 0 aliphatic heterocycles. The molecular formula is C10H13N3OS. The fourth-order valence-electron chi connectivity index (χ4n) is 1.16. The molecule has 1 heterocycles. The molecule has 15 heavy (non-hydrogen) atoms. The van der Waals surface area contributed by atoms with E-state index in [1.807, 2.05) is 6.92 Å². The normalized spacial score (nSPS) is 9.60. The van der Waals surface area contributed by atoms with E-state index >= 15 is 0 Å². The van der Waals surface area contributed by atoms with Gasteiger partial charge in [0.05, 0.1) is 18.7 Å². The number of rotatable bonds is 4. The number of anilines is 1. The summed E-state index contributed by atoms with van der Waals surface area (Å²) in [7, 11) is 0. The smallest absolute Gasteiger partial charge is 0.229 e. The lowest BCUT2D eigenvalue weighted by atomic mass is 10.3. The molecule has 0 aromatic carbocycles. The second-order valence-electron chi connectivity index (χ2n) is 2.97. The Kier molecular flexibility index (Phi) is 4.13. The minimum Gasteiger partial charge on any atom is -0.375 e.